The molecule has 0 radical (unpaired) electrons. The van der Waals surface area contributed by atoms with Crippen LogP contribution in [0.25, 0.3) is 10.8 Å². The van der Waals surface area contributed by atoms with Gasteiger partial charge in [-0.2, -0.15) is 13.2 Å². The maximum atomic E-state index is 14.9. The van der Waals surface area contributed by atoms with E-state index in [4.69, 9.17) is 4.74 Å². The number of amides is 2. The lowest BCUT2D eigenvalue weighted by atomic mass is 9.79. The number of hydrogen-bond acceptors (Lipinski definition) is 3. The molecule has 2 amide bonds. The summed E-state index contributed by atoms with van der Waals surface area (Å²) in [6.07, 6.45) is -5.55. The normalized spacial score (nSPS) is 18.9. The maximum absolute atomic E-state index is 14.9. The van der Waals surface area contributed by atoms with Gasteiger partial charge < -0.3 is 14.5 Å². The summed E-state index contributed by atoms with van der Waals surface area (Å²) in [5, 5.41) is 1.90. The molecule has 0 aliphatic carbocycles. The molecule has 1 aliphatic rings. The number of hydrogen-bond donors (Lipinski definition) is 0. The number of carbonyl (C=O) groups excluding carboxylic acids is 2. The summed E-state index contributed by atoms with van der Waals surface area (Å²) in [5.74, 6) is -3.60. The molecule has 0 N–H and O–H groups in total. The summed E-state index contributed by atoms with van der Waals surface area (Å²) < 4.78 is 60.8. The lowest BCUT2D eigenvalue weighted by Gasteiger charge is -2.42. The number of benzene rings is 3. The van der Waals surface area contributed by atoms with Crippen LogP contribution in [0.1, 0.15) is 57.2 Å². The minimum atomic E-state index is -5.03. The second kappa shape index (κ2) is 11.5. The number of carbonyl (C=O) groups is 2. The van der Waals surface area contributed by atoms with Crippen molar-refractivity contribution in [1.29, 1.82) is 0 Å². The summed E-state index contributed by atoms with van der Waals surface area (Å²) in [5.41, 5.74) is 0.364. The second-order valence-corrected chi connectivity index (χ2v) is 11.3. The zero-order valence-corrected chi connectivity index (χ0v) is 23.0. The number of nitrogens with zero attached hydrogens (tertiary/aromatic N) is 2. The first-order valence-electron chi connectivity index (χ1n) is 13.3. The molecule has 2 unspecified atom stereocenters. The van der Waals surface area contributed by atoms with Gasteiger partial charge in [-0.15, -0.1) is 0 Å². The van der Waals surface area contributed by atoms with Gasteiger partial charge in [-0.05, 0) is 68.0 Å². The van der Waals surface area contributed by atoms with Crippen LogP contribution >= 0.6 is 0 Å². The fraction of sp³-hybridized carbons (Fsp3) is 0.419. The molecule has 0 spiro atoms. The van der Waals surface area contributed by atoms with Crippen LogP contribution in [-0.4, -0.2) is 53.2 Å². The Balaban J connectivity index is 1.75. The van der Waals surface area contributed by atoms with Gasteiger partial charge >= 0.3 is 18.2 Å². The van der Waals surface area contributed by atoms with Crippen molar-refractivity contribution in [2.45, 2.75) is 57.9 Å². The fourth-order valence-corrected chi connectivity index (χ4v) is 5.51. The van der Waals surface area contributed by atoms with E-state index in [2.05, 4.69) is 0 Å². The Labute approximate surface area is 231 Å². The number of alkyl halides is 3. The minimum absolute atomic E-state index is 0.0417. The molecule has 0 saturated carbocycles. The molecule has 3 aromatic carbocycles. The first kappa shape index (κ1) is 29.4. The predicted molar refractivity (Wildman–Crippen MR) is 145 cm³/mol. The van der Waals surface area contributed by atoms with Crippen molar-refractivity contribution in [3.8, 4) is 0 Å². The summed E-state index contributed by atoms with van der Waals surface area (Å²) >= 11 is 0. The van der Waals surface area contributed by atoms with Gasteiger partial charge in [0.05, 0.1) is 6.04 Å². The predicted octanol–water partition coefficient (Wildman–Crippen LogP) is 7.47. The Bertz CT molecular complexity index is 1360. The van der Waals surface area contributed by atoms with E-state index < -0.39 is 47.5 Å². The van der Waals surface area contributed by atoms with Crippen molar-refractivity contribution in [1.82, 2.24) is 9.80 Å². The Morgan fingerprint density at radius 1 is 1.00 bits per heavy atom. The smallest absolute Gasteiger partial charge is 0.444 e. The highest BCUT2D eigenvalue weighted by atomic mass is 19.4. The van der Waals surface area contributed by atoms with Crippen LogP contribution in [0.3, 0.4) is 0 Å². The van der Waals surface area contributed by atoms with E-state index in [1.54, 1.807) is 39.0 Å². The maximum Gasteiger partial charge on any atom is 0.471 e. The number of fused-ring (bicyclic) bond motifs is 1. The average Bonchev–Trinajstić information content (AvgIpc) is 2.89. The van der Waals surface area contributed by atoms with E-state index in [0.29, 0.717) is 5.56 Å². The molecule has 9 heteroatoms. The average molecular weight is 559 g/mol. The molecule has 5 nitrogen and oxygen atoms in total. The van der Waals surface area contributed by atoms with Crippen molar-refractivity contribution < 1.29 is 31.9 Å². The highest BCUT2D eigenvalue weighted by molar-refractivity contribution is 5.86. The van der Waals surface area contributed by atoms with Crippen LogP contribution in [0.4, 0.5) is 22.4 Å². The minimum Gasteiger partial charge on any atom is -0.444 e. The van der Waals surface area contributed by atoms with Crippen LogP contribution in [0.15, 0.2) is 66.7 Å². The third-order valence-electron chi connectivity index (χ3n) is 7.37. The molecule has 1 aliphatic heterocycles. The third-order valence-corrected chi connectivity index (χ3v) is 7.37. The third kappa shape index (κ3) is 6.57. The van der Waals surface area contributed by atoms with E-state index in [0.717, 1.165) is 21.2 Å². The van der Waals surface area contributed by atoms with E-state index in [1.165, 1.54) is 11.0 Å². The number of halogens is 4. The molecule has 0 bridgehead atoms. The number of rotatable bonds is 5. The molecule has 3 aromatic rings. The van der Waals surface area contributed by atoms with Gasteiger partial charge in [0, 0.05) is 25.6 Å². The van der Waals surface area contributed by atoms with Crippen LogP contribution < -0.4 is 0 Å². The molecular weight excluding hydrogens is 524 g/mol. The fourth-order valence-electron chi connectivity index (χ4n) is 5.51. The lowest BCUT2D eigenvalue weighted by Crippen LogP contribution is -2.52. The zero-order valence-electron chi connectivity index (χ0n) is 23.0. The molecule has 1 heterocycles. The Morgan fingerprint density at radius 2 is 1.65 bits per heavy atom. The highest BCUT2D eigenvalue weighted by Crippen LogP contribution is 2.38. The van der Waals surface area contributed by atoms with E-state index in [1.807, 2.05) is 49.4 Å². The van der Waals surface area contributed by atoms with Gasteiger partial charge in [-0.25, -0.2) is 9.18 Å². The van der Waals surface area contributed by atoms with Crippen molar-refractivity contribution in [3.63, 3.8) is 0 Å². The molecule has 40 heavy (non-hydrogen) atoms. The van der Waals surface area contributed by atoms with Gasteiger partial charge in [-0.1, -0.05) is 60.7 Å². The van der Waals surface area contributed by atoms with Crippen LogP contribution in [0.2, 0.25) is 0 Å². The molecule has 4 rings (SSSR count). The number of ether oxygens (including phenoxy) is 1. The summed E-state index contributed by atoms with van der Waals surface area (Å²) in [7, 11) is 0. The SMILES string of the molecule is C[C@H](c1cccc2ccccc12)N(CC1CN(C(=O)C(F)(F)F)CCC1c1ccccc1F)C(=O)OC(C)(C)C. The van der Waals surface area contributed by atoms with E-state index >= 15 is 0 Å². The molecule has 1 saturated heterocycles. The molecule has 214 valence electrons. The van der Waals surface area contributed by atoms with Gasteiger partial charge in [0.15, 0.2) is 0 Å². The topological polar surface area (TPSA) is 49.9 Å². The Hall–Kier alpha value is -3.62. The van der Waals surface area contributed by atoms with Crippen molar-refractivity contribution >= 4 is 22.8 Å². The zero-order chi connectivity index (χ0) is 29.2. The molecule has 3 atom stereocenters. The van der Waals surface area contributed by atoms with Crippen molar-refractivity contribution in [2.75, 3.05) is 19.6 Å². The highest BCUT2D eigenvalue weighted by Gasteiger charge is 2.46. The summed E-state index contributed by atoms with van der Waals surface area (Å²) in [6, 6.07) is 19.1. The van der Waals surface area contributed by atoms with Gasteiger partial charge in [0.2, 0.25) is 0 Å². The van der Waals surface area contributed by atoms with Crippen molar-refractivity contribution in [2.24, 2.45) is 5.92 Å². The van der Waals surface area contributed by atoms with Crippen LogP contribution in [0.5, 0.6) is 0 Å². The Kier molecular flexibility index (Phi) is 8.42. The number of likely N-dealkylation sites (tertiary alicyclic amines) is 1. The summed E-state index contributed by atoms with van der Waals surface area (Å²) in [6.45, 7) is 6.55. The van der Waals surface area contributed by atoms with Crippen molar-refractivity contribution in [3.05, 3.63) is 83.7 Å². The lowest BCUT2D eigenvalue weighted by molar-refractivity contribution is -0.187. The van der Waals surface area contributed by atoms with Crippen LogP contribution in [-0.2, 0) is 9.53 Å². The second-order valence-electron chi connectivity index (χ2n) is 11.3. The number of piperidine rings is 1. The van der Waals surface area contributed by atoms with E-state index in [-0.39, 0.29) is 26.1 Å². The molecule has 1 fully saturated rings. The Morgan fingerprint density at radius 3 is 2.33 bits per heavy atom. The summed E-state index contributed by atoms with van der Waals surface area (Å²) in [4.78, 5) is 28.1. The standard InChI is InChI=1S/C31H34F4N2O3/c1-20(23-14-9-11-21-10-5-6-12-24(21)23)37(29(39)40-30(2,3)4)19-22-18-36(28(38)31(33,34)35)17-16-25(22)26-13-7-8-15-27(26)32/h5-15,20,22,25H,16-19H2,1-4H3/t20-,22?,25?/m1/s1. The molecule has 0 aromatic heterocycles. The van der Waals surface area contributed by atoms with Gasteiger partial charge in [0.1, 0.15) is 11.4 Å². The van der Waals surface area contributed by atoms with Crippen LogP contribution in [0, 0.1) is 11.7 Å². The first-order chi connectivity index (χ1) is 18.8. The van der Waals surface area contributed by atoms with E-state index in [9.17, 15) is 27.2 Å². The quantitative estimate of drug-likeness (QED) is 0.305. The van der Waals surface area contributed by atoms with Gasteiger partial charge in [0.25, 0.3) is 0 Å². The first-order valence-corrected chi connectivity index (χ1v) is 13.3. The largest absolute Gasteiger partial charge is 0.471 e. The monoisotopic (exact) mass is 558 g/mol. The molecular formula is C31H34F4N2O3. The van der Waals surface area contributed by atoms with Gasteiger partial charge in [-0.3, -0.25) is 4.79 Å².